The Labute approximate surface area is 183 Å². The van der Waals surface area contributed by atoms with Crippen molar-refractivity contribution in [3.8, 4) is 5.75 Å². The van der Waals surface area contributed by atoms with Gasteiger partial charge in [-0.15, -0.1) is 0 Å². The van der Waals surface area contributed by atoms with E-state index in [1.165, 1.54) is 6.07 Å². The summed E-state index contributed by atoms with van der Waals surface area (Å²) in [6.45, 7) is 2.04. The number of carbonyl (C=O) groups excluding carboxylic acids is 1. The molecule has 0 amide bonds. The lowest BCUT2D eigenvalue weighted by atomic mass is 9.98. The second-order valence-electron chi connectivity index (χ2n) is 7.96. The van der Waals surface area contributed by atoms with Crippen molar-refractivity contribution in [2.24, 2.45) is 5.92 Å². The lowest BCUT2D eigenvalue weighted by molar-refractivity contribution is -0.189. The minimum atomic E-state index is -4.73. The Morgan fingerprint density at radius 2 is 1.39 bits per heavy atom. The molecule has 4 rings (SSSR count). The molecule has 9 heteroatoms. The Morgan fingerprint density at radius 3 is 2.00 bits per heavy atom. The van der Waals surface area contributed by atoms with Crippen LogP contribution in [0.1, 0.15) is 39.5 Å². The first-order chi connectivity index (χ1) is 15.5. The van der Waals surface area contributed by atoms with Gasteiger partial charge in [0, 0.05) is 23.3 Å². The fourth-order valence-corrected chi connectivity index (χ4v) is 3.92. The van der Waals surface area contributed by atoms with Crippen LogP contribution in [-0.4, -0.2) is 5.78 Å². The van der Waals surface area contributed by atoms with E-state index in [9.17, 15) is 35.5 Å². The standard InChI is InChI=1S/C24H15F7O2/c1-11-4-12-2-3-13(6-14(12)5-11)23(32)15-7-17(25)21(18(26)8-15)24(30,31)33-16-9-19(27)22(29)20(28)10-16/h2-3,6-11H,4-5H2,1H3. The highest BCUT2D eigenvalue weighted by Gasteiger charge is 2.42. The van der Waals surface area contributed by atoms with Crippen LogP contribution in [0.25, 0.3) is 0 Å². The molecule has 0 saturated heterocycles. The van der Waals surface area contributed by atoms with Gasteiger partial charge in [0.1, 0.15) is 22.9 Å². The molecule has 0 fully saturated rings. The third kappa shape index (κ3) is 4.31. The molecule has 1 aliphatic carbocycles. The minimum absolute atomic E-state index is 0.106. The van der Waals surface area contributed by atoms with E-state index >= 15 is 0 Å². The number of hydrogen-bond donors (Lipinski definition) is 0. The van der Waals surface area contributed by atoms with E-state index in [2.05, 4.69) is 4.74 Å². The second-order valence-corrected chi connectivity index (χ2v) is 7.96. The monoisotopic (exact) mass is 468 g/mol. The summed E-state index contributed by atoms with van der Waals surface area (Å²) in [5.41, 5.74) is -0.224. The van der Waals surface area contributed by atoms with E-state index in [1.54, 1.807) is 12.1 Å². The van der Waals surface area contributed by atoms with Crippen LogP contribution < -0.4 is 4.74 Å². The fraction of sp³-hybridized carbons (Fsp3) is 0.208. The lowest BCUT2D eigenvalue weighted by Gasteiger charge is -2.20. The maximum atomic E-state index is 14.5. The van der Waals surface area contributed by atoms with E-state index in [-0.39, 0.29) is 17.7 Å². The van der Waals surface area contributed by atoms with Crippen LogP contribution in [0.15, 0.2) is 42.5 Å². The molecule has 2 nitrogen and oxygen atoms in total. The SMILES string of the molecule is CC1Cc2ccc(C(=O)c3cc(F)c(C(F)(F)Oc4cc(F)c(F)c(F)c4)c(F)c3)cc2C1. The molecule has 0 spiro atoms. The maximum Gasteiger partial charge on any atom is 0.432 e. The molecule has 172 valence electrons. The Balaban J connectivity index is 1.64. The Morgan fingerprint density at radius 1 is 0.818 bits per heavy atom. The van der Waals surface area contributed by atoms with Gasteiger partial charge in [0.2, 0.25) is 0 Å². The van der Waals surface area contributed by atoms with Gasteiger partial charge in [-0.3, -0.25) is 4.79 Å². The zero-order valence-electron chi connectivity index (χ0n) is 17.0. The van der Waals surface area contributed by atoms with Gasteiger partial charge in [0.15, 0.2) is 23.2 Å². The Hall–Kier alpha value is -3.36. The summed E-state index contributed by atoms with van der Waals surface area (Å²) in [6.07, 6.45) is -3.14. The Bertz CT molecular complexity index is 1220. The van der Waals surface area contributed by atoms with Crippen molar-refractivity contribution in [2.45, 2.75) is 25.9 Å². The van der Waals surface area contributed by atoms with E-state index in [4.69, 9.17) is 0 Å². The summed E-state index contributed by atoms with van der Waals surface area (Å²) in [5.74, 6) is -10.8. The van der Waals surface area contributed by atoms with Crippen LogP contribution >= 0.6 is 0 Å². The highest BCUT2D eigenvalue weighted by Crippen LogP contribution is 2.36. The fourth-order valence-electron chi connectivity index (χ4n) is 3.92. The summed E-state index contributed by atoms with van der Waals surface area (Å²) in [4.78, 5) is 12.7. The third-order valence-corrected chi connectivity index (χ3v) is 5.40. The number of benzene rings is 3. The summed E-state index contributed by atoms with van der Waals surface area (Å²) in [5, 5.41) is 0. The maximum absolute atomic E-state index is 14.5. The van der Waals surface area contributed by atoms with Crippen LogP contribution in [0.4, 0.5) is 30.7 Å². The number of ether oxygens (including phenoxy) is 1. The number of carbonyl (C=O) groups is 1. The van der Waals surface area contributed by atoms with E-state index in [0.717, 1.165) is 24.0 Å². The summed E-state index contributed by atoms with van der Waals surface area (Å²) in [7, 11) is 0. The van der Waals surface area contributed by atoms with Crippen molar-refractivity contribution in [2.75, 3.05) is 0 Å². The van der Waals surface area contributed by atoms with Crippen molar-refractivity contribution in [3.63, 3.8) is 0 Å². The normalized spacial score (nSPS) is 15.5. The summed E-state index contributed by atoms with van der Waals surface area (Å²) in [6, 6.07) is 5.93. The number of hydrogen-bond acceptors (Lipinski definition) is 2. The van der Waals surface area contributed by atoms with Gasteiger partial charge >= 0.3 is 6.11 Å². The molecule has 0 heterocycles. The predicted molar refractivity (Wildman–Crippen MR) is 104 cm³/mol. The van der Waals surface area contributed by atoms with Crippen LogP contribution in [-0.2, 0) is 19.0 Å². The predicted octanol–water partition coefficient (Wildman–Crippen LogP) is 6.48. The first kappa shape index (κ1) is 22.8. The quantitative estimate of drug-likeness (QED) is 0.244. The molecule has 1 unspecified atom stereocenters. The van der Waals surface area contributed by atoms with Crippen LogP contribution in [0.5, 0.6) is 5.75 Å². The van der Waals surface area contributed by atoms with E-state index in [0.29, 0.717) is 18.1 Å². The molecule has 1 atom stereocenters. The van der Waals surface area contributed by atoms with Gasteiger partial charge in [0.25, 0.3) is 0 Å². The molecule has 1 aliphatic rings. The van der Waals surface area contributed by atoms with Gasteiger partial charge in [-0.25, -0.2) is 22.0 Å². The number of fused-ring (bicyclic) bond motifs is 1. The van der Waals surface area contributed by atoms with E-state index in [1.807, 2.05) is 6.92 Å². The first-order valence-corrected chi connectivity index (χ1v) is 9.83. The summed E-state index contributed by atoms with van der Waals surface area (Å²) >= 11 is 0. The molecule has 3 aromatic rings. The minimum Gasteiger partial charge on any atom is -0.429 e. The van der Waals surface area contributed by atoms with Gasteiger partial charge < -0.3 is 4.74 Å². The van der Waals surface area contributed by atoms with Gasteiger partial charge in [-0.05, 0) is 48.1 Å². The van der Waals surface area contributed by atoms with Crippen LogP contribution in [0.3, 0.4) is 0 Å². The molecular formula is C24H15F7O2. The largest absolute Gasteiger partial charge is 0.432 e. The second kappa shape index (κ2) is 8.20. The molecule has 33 heavy (non-hydrogen) atoms. The number of alkyl halides is 2. The molecule has 0 saturated carbocycles. The molecule has 0 N–H and O–H groups in total. The highest BCUT2D eigenvalue weighted by atomic mass is 19.3. The van der Waals surface area contributed by atoms with Crippen molar-refractivity contribution in [1.29, 1.82) is 0 Å². The van der Waals surface area contributed by atoms with Crippen LogP contribution in [0, 0.1) is 35.0 Å². The third-order valence-electron chi connectivity index (χ3n) is 5.40. The molecule has 0 radical (unpaired) electrons. The van der Waals surface area contributed by atoms with Crippen molar-refractivity contribution in [1.82, 2.24) is 0 Å². The zero-order chi connectivity index (χ0) is 24.1. The topological polar surface area (TPSA) is 26.3 Å². The van der Waals surface area contributed by atoms with Crippen molar-refractivity contribution >= 4 is 5.78 Å². The number of rotatable bonds is 5. The lowest BCUT2D eigenvalue weighted by Crippen LogP contribution is -2.26. The molecular weight excluding hydrogens is 453 g/mol. The number of halogens is 7. The average Bonchev–Trinajstić information content (AvgIpc) is 3.09. The summed E-state index contributed by atoms with van der Waals surface area (Å²) < 4.78 is 102. The van der Waals surface area contributed by atoms with Gasteiger partial charge in [-0.2, -0.15) is 8.78 Å². The van der Waals surface area contributed by atoms with Gasteiger partial charge in [0.05, 0.1) is 0 Å². The smallest absolute Gasteiger partial charge is 0.429 e. The molecule has 0 bridgehead atoms. The van der Waals surface area contributed by atoms with Crippen molar-refractivity contribution in [3.05, 3.63) is 99.4 Å². The van der Waals surface area contributed by atoms with Gasteiger partial charge in [-0.1, -0.05) is 19.1 Å². The number of ketones is 1. The highest BCUT2D eigenvalue weighted by molar-refractivity contribution is 6.09. The molecule has 3 aromatic carbocycles. The Kier molecular flexibility index (Phi) is 5.67. The zero-order valence-corrected chi connectivity index (χ0v) is 17.0. The molecule has 0 aromatic heterocycles. The first-order valence-electron chi connectivity index (χ1n) is 9.83. The van der Waals surface area contributed by atoms with Crippen molar-refractivity contribution < 1.29 is 40.3 Å². The average molecular weight is 468 g/mol. The van der Waals surface area contributed by atoms with Crippen LogP contribution in [0.2, 0.25) is 0 Å². The molecule has 0 aliphatic heterocycles. The van der Waals surface area contributed by atoms with E-state index < -0.39 is 57.9 Å².